The van der Waals surface area contributed by atoms with Gasteiger partial charge >= 0.3 is 0 Å². The lowest BCUT2D eigenvalue weighted by Crippen LogP contribution is -2.17. The normalized spacial score (nSPS) is 23.2. The molecular weight excluding hydrogens is 292 g/mol. The Morgan fingerprint density at radius 2 is 1.88 bits per heavy atom. The summed E-state index contributed by atoms with van der Waals surface area (Å²) in [6.45, 7) is 12.2. The Labute approximate surface area is 147 Å². The van der Waals surface area contributed by atoms with Crippen LogP contribution < -0.4 is 0 Å². The van der Waals surface area contributed by atoms with E-state index in [1.807, 2.05) is 18.2 Å². The highest BCUT2D eigenvalue weighted by molar-refractivity contribution is 5.94. The van der Waals surface area contributed by atoms with Crippen molar-refractivity contribution in [2.24, 2.45) is 11.8 Å². The highest BCUT2D eigenvalue weighted by Crippen LogP contribution is 2.46. The monoisotopic (exact) mass is 322 g/mol. The van der Waals surface area contributed by atoms with Crippen LogP contribution in [0.25, 0.3) is 0 Å². The van der Waals surface area contributed by atoms with Gasteiger partial charge in [0.25, 0.3) is 0 Å². The Kier molecular flexibility index (Phi) is 6.36. The third-order valence-corrected chi connectivity index (χ3v) is 5.56. The van der Waals surface area contributed by atoms with Gasteiger partial charge in [-0.2, -0.15) is 0 Å². The molecule has 0 amide bonds. The molecule has 0 spiro atoms. The second kappa shape index (κ2) is 8.28. The molecule has 1 aliphatic rings. The summed E-state index contributed by atoms with van der Waals surface area (Å²) in [7, 11) is 0. The molecule has 1 fully saturated rings. The fourth-order valence-corrected chi connectivity index (χ4v) is 4.09. The number of Topliss-reactive ketones (excluding diaryl/α,β-unsaturated/α-hetero) is 1. The van der Waals surface area contributed by atoms with Gasteiger partial charge in [0.05, 0.1) is 0 Å². The zero-order chi connectivity index (χ0) is 17.7. The van der Waals surface area contributed by atoms with Crippen molar-refractivity contribution >= 4 is 5.78 Å². The van der Waals surface area contributed by atoms with Gasteiger partial charge in [-0.15, -0.1) is 0 Å². The summed E-state index contributed by atoms with van der Waals surface area (Å²) in [5.74, 6) is 1.88. The van der Waals surface area contributed by atoms with Crippen molar-refractivity contribution in [3.05, 3.63) is 71.3 Å². The summed E-state index contributed by atoms with van der Waals surface area (Å²) in [6, 6.07) is 8.21. The molecule has 1 saturated carbocycles. The maximum Gasteiger partial charge on any atom is 0.159 e. The van der Waals surface area contributed by atoms with Crippen LogP contribution in [-0.2, 0) is 0 Å². The highest BCUT2D eigenvalue weighted by Gasteiger charge is 2.34. The van der Waals surface area contributed by atoms with Gasteiger partial charge in [-0.3, -0.25) is 4.79 Å². The van der Waals surface area contributed by atoms with Crippen molar-refractivity contribution in [3.63, 3.8) is 0 Å². The Morgan fingerprint density at radius 1 is 1.21 bits per heavy atom. The molecule has 1 heteroatoms. The van der Waals surface area contributed by atoms with E-state index in [1.54, 1.807) is 6.92 Å². The third kappa shape index (κ3) is 3.95. The van der Waals surface area contributed by atoms with Crippen molar-refractivity contribution in [3.8, 4) is 0 Å². The second-order valence-electron chi connectivity index (χ2n) is 7.01. The predicted octanol–water partition coefficient (Wildman–Crippen LogP) is 6.49. The Hall–Kier alpha value is -1.89. The van der Waals surface area contributed by atoms with E-state index >= 15 is 0 Å². The summed E-state index contributed by atoms with van der Waals surface area (Å²) in [4.78, 5) is 11.5. The standard InChI is InChI=1S/C23H30O/c1-6-9-21(16(3)7-2)23-11-8-10-22(23)17(4)19-12-14-20(15-13-19)18(5)24/h6-7,9,12-15,17,22-23H,2,8,10-11H2,1,3-5H3/b9-6-,21-16+. The molecule has 0 heterocycles. The summed E-state index contributed by atoms with van der Waals surface area (Å²) in [5.41, 5.74) is 4.88. The van der Waals surface area contributed by atoms with E-state index in [9.17, 15) is 4.79 Å². The second-order valence-corrected chi connectivity index (χ2v) is 7.01. The third-order valence-electron chi connectivity index (χ3n) is 5.56. The molecule has 1 aliphatic carbocycles. The molecule has 0 bridgehead atoms. The molecule has 1 aromatic carbocycles. The maximum absolute atomic E-state index is 11.5. The average molecular weight is 322 g/mol. The number of benzene rings is 1. The van der Waals surface area contributed by atoms with Gasteiger partial charge in [0.15, 0.2) is 5.78 Å². The fraction of sp³-hybridized carbons (Fsp3) is 0.435. The summed E-state index contributed by atoms with van der Waals surface area (Å²) < 4.78 is 0. The molecule has 128 valence electrons. The Bertz CT molecular complexity index is 645. The summed E-state index contributed by atoms with van der Waals surface area (Å²) in [5, 5.41) is 0. The van der Waals surface area contributed by atoms with Crippen molar-refractivity contribution in [2.75, 3.05) is 0 Å². The zero-order valence-corrected chi connectivity index (χ0v) is 15.5. The van der Waals surface area contributed by atoms with E-state index in [0.29, 0.717) is 17.8 Å². The van der Waals surface area contributed by atoms with Crippen molar-refractivity contribution < 1.29 is 4.79 Å². The van der Waals surface area contributed by atoms with Gasteiger partial charge in [0.1, 0.15) is 0 Å². The largest absolute Gasteiger partial charge is 0.295 e. The number of carbonyl (C=O) groups is 1. The lowest BCUT2D eigenvalue weighted by molar-refractivity contribution is 0.101. The van der Waals surface area contributed by atoms with Gasteiger partial charge in [-0.1, -0.05) is 62.4 Å². The summed E-state index contributed by atoms with van der Waals surface area (Å²) in [6.07, 6.45) is 10.2. The SMILES string of the molecule is C=C/C(C)=C(\C=C/C)C1CCCC1C(C)c1ccc(C(C)=O)cc1. The Morgan fingerprint density at radius 3 is 2.42 bits per heavy atom. The van der Waals surface area contributed by atoms with Crippen molar-refractivity contribution in [1.82, 2.24) is 0 Å². The highest BCUT2D eigenvalue weighted by atomic mass is 16.1. The van der Waals surface area contributed by atoms with Crippen LogP contribution in [-0.4, -0.2) is 5.78 Å². The van der Waals surface area contributed by atoms with Gasteiger partial charge < -0.3 is 0 Å². The minimum absolute atomic E-state index is 0.132. The Balaban J connectivity index is 2.28. The van der Waals surface area contributed by atoms with Gasteiger partial charge in [0.2, 0.25) is 0 Å². The number of hydrogen-bond donors (Lipinski definition) is 0. The quantitative estimate of drug-likeness (QED) is 0.432. The minimum Gasteiger partial charge on any atom is -0.295 e. The minimum atomic E-state index is 0.132. The van der Waals surface area contributed by atoms with E-state index < -0.39 is 0 Å². The molecule has 0 radical (unpaired) electrons. The van der Waals surface area contributed by atoms with E-state index in [4.69, 9.17) is 0 Å². The van der Waals surface area contributed by atoms with Crippen LogP contribution in [0.1, 0.15) is 68.8 Å². The van der Waals surface area contributed by atoms with Crippen LogP contribution >= 0.6 is 0 Å². The van der Waals surface area contributed by atoms with E-state index in [0.717, 1.165) is 5.56 Å². The zero-order valence-electron chi connectivity index (χ0n) is 15.5. The average Bonchev–Trinajstić information content (AvgIpc) is 3.07. The van der Waals surface area contributed by atoms with Crippen LogP contribution in [0.2, 0.25) is 0 Å². The van der Waals surface area contributed by atoms with Crippen LogP contribution in [0, 0.1) is 11.8 Å². The summed E-state index contributed by atoms with van der Waals surface area (Å²) >= 11 is 0. The van der Waals surface area contributed by atoms with Crippen LogP contribution in [0.4, 0.5) is 0 Å². The maximum atomic E-state index is 11.5. The van der Waals surface area contributed by atoms with E-state index in [2.05, 4.69) is 51.6 Å². The van der Waals surface area contributed by atoms with Gasteiger partial charge in [0, 0.05) is 5.56 Å². The molecular formula is C23H30O. The number of carbonyl (C=O) groups excluding carboxylic acids is 1. The predicted molar refractivity (Wildman–Crippen MR) is 103 cm³/mol. The smallest absolute Gasteiger partial charge is 0.159 e. The number of rotatable bonds is 6. The topological polar surface area (TPSA) is 17.1 Å². The van der Waals surface area contributed by atoms with Crippen molar-refractivity contribution in [1.29, 1.82) is 0 Å². The molecule has 1 aromatic rings. The first-order chi connectivity index (χ1) is 11.5. The lowest BCUT2D eigenvalue weighted by atomic mass is 9.76. The molecule has 0 aliphatic heterocycles. The first-order valence-electron chi connectivity index (χ1n) is 9.06. The molecule has 0 N–H and O–H groups in total. The molecule has 2 rings (SSSR count). The van der Waals surface area contributed by atoms with Crippen LogP contribution in [0.15, 0.2) is 60.2 Å². The number of hydrogen-bond acceptors (Lipinski definition) is 1. The molecule has 1 nitrogen and oxygen atoms in total. The van der Waals surface area contributed by atoms with E-state index in [1.165, 1.54) is 36.0 Å². The molecule has 24 heavy (non-hydrogen) atoms. The number of allylic oxidation sites excluding steroid dienone is 5. The van der Waals surface area contributed by atoms with E-state index in [-0.39, 0.29) is 5.78 Å². The first kappa shape index (κ1) is 18.4. The lowest BCUT2D eigenvalue weighted by Gasteiger charge is -2.28. The van der Waals surface area contributed by atoms with Gasteiger partial charge in [-0.05, 0) is 68.1 Å². The molecule has 3 atom stereocenters. The molecule has 0 saturated heterocycles. The fourth-order valence-electron chi connectivity index (χ4n) is 4.09. The van der Waals surface area contributed by atoms with Crippen LogP contribution in [0.3, 0.4) is 0 Å². The molecule has 0 aromatic heterocycles. The number of ketones is 1. The van der Waals surface area contributed by atoms with Crippen LogP contribution in [0.5, 0.6) is 0 Å². The molecule has 3 unspecified atom stereocenters. The van der Waals surface area contributed by atoms with Gasteiger partial charge in [-0.25, -0.2) is 0 Å². The first-order valence-corrected chi connectivity index (χ1v) is 9.06. The van der Waals surface area contributed by atoms with Crippen molar-refractivity contribution in [2.45, 2.75) is 52.9 Å².